The largest absolute Gasteiger partial charge is 0.329 e. The second-order valence-corrected chi connectivity index (χ2v) is 5.36. The Hall–Kier alpha value is -2.95. The Labute approximate surface area is 134 Å². The molecule has 116 valence electrons. The van der Waals surface area contributed by atoms with Crippen LogP contribution in [-0.4, -0.2) is 22.9 Å². The summed E-state index contributed by atoms with van der Waals surface area (Å²) in [6.45, 7) is 2.09. The monoisotopic (exact) mass is 305 g/mol. The summed E-state index contributed by atoms with van der Waals surface area (Å²) in [5.74, 6) is 0.719. The van der Waals surface area contributed by atoms with E-state index in [4.69, 9.17) is 10.8 Å². The minimum absolute atomic E-state index is 0.0542. The van der Waals surface area contributed by atoms with Crippen LogP contribution in [0, 0.1) is 10.8 Å². The van der Waals surface area contributed by atoms with Crippen molar-refractivity contribution in [3.05, 3.63) is 59.7 Å². The number of hydrogen-bond donors (Lipinski definition) is 2. The molecular weight excluding hydrogens is 286 g/mol. The van der Waals surface area contributed by atoms with E-state index >= 15 is 0 Å². The first kappa shape index (κ1) is 15.0. The minimum atomic E-state index is 0.0542. The fourth-order valence-corrected chi connectivity index (χ4v) is 2.67. The topological polar surface area (TPSA) is 68.8 Å². The van der Waals surface area contributed by atoms with Crippen molar-refractivity contribution >= 4 is 28.7 Å². The van der Waals surface area contributed by atoms with Gasteiger partial charge in [0.25, 0.3) is 0 Å². The van der Waals surface area contributed by atoms with Gasteiger partial charge in [0, 0.05) is 18.1 Å². The summed E-state index contributed by atoms with van der Waals surface area (Å²) >= 11 is 0. The molecule has 2 N–H and O–H groups in total. The molecule has 5 nitrogen and oxygen atoms in total. The van der Waals surface area contributed by atoms with Crippen molar-refractivity contribution in [3.8, 4) is 0 Å². The van der Waals surface area contributed by atoms with Gasteiger partial charge in [-0.1, -0.05) is 31.2 Å². The van der Waals surface area contributed by atoms with Gasteiger partial charge in [0.05, 0.1) is 11.9 Å². The number of aryl methyl sites for hydroxylation is 1. The second-order valence-electron chi connectivity index (χ2n) is 5.36. The molecule has 1 aromatic heterocycles. The number of anilines is 2. The number of hydrogen-bond acceptors (Lipinski definition) is 4. The van der Waals surface area contributed by atoms with Crippen LogP contribution >= 0.6 is 0 Å². The predicted molar refractivity (Wildman–Crippen MR) is 93.7 cm³/mol. The van der Waals surface area contributed by atoms with Crippen LogP contribution < -0.4 is 10.5 Å². The zero-order chi connectivity index (χ0) is 16.4. The molecule has 0 aliphatic heterocycles. The zero-order valence-corrected chi connectivity index (χ0v) is 13.2. The van der Waals surface area contributed by atoms with Crippen molar-refractivity contribution in [3.63, 3.8) is 0 Å². The fraction of sp³-hybridized carbons (Fsp3) is 0.167. The Morgan fingerprint density at radius 1 is 1.17 bits per heavy atom. The maximum Gasteiger partial charge on any atom is 0.229 e. The fourth-order valence-electron chi connectivity index (χ4n) is 2.67. The van der Waals surface area contributed by atoms with E-state index in [1.807, 2.05) is 54.4 Å². The van der Waals surface area contributed by atoms with Gasteiger partial charge in [-0.2, -0.15) is 4.98 Å². The highest BCUT2D eigenvalue weighted by molar-refractivity contribution is 5.94. The van der Waals surface area contributed by atoms with E-state index < -0.39 is 0 Å². The van der Waals surface area contributed by atoms with E-state index in [1.54, 1.807) is 0 Å². The first-order chi connectivity index (χ1) is 11.2. The third-order valence-corrected chi connectivity index (χ3v) is 4.00. The first-order valence-corrected chi connectivity index (χ1v) is 7.55. The highest BCUT2D eigenvalue weighted by Crippen LogP contribution is 2.28. The van der Waals surface area contributed by atoms with Gasteiger partial charge in [0.15, 0.2) is 0 Å². The van der Waals surface area contributed by atoms with E-state index in [0.717, 1.165) is 35.2 Å². The van der Waals surface area contributed by atoms with Crippen molar-refractivity contribution in [1.29, 1.82) is 10.8 Å². The standard InChI is InChI=1S/C18H19N5/c1-3-13-9-10-15-16(11-13)23(12-19)18(20)21-17(15)22(2)14-7-5-4-6-8-14/h4-12,19-20H,3H2,1-2H3. The molecule has 0 unspecified atom stereocenters. The lowest BCUT2D eigenvalue weighted by Crippen LogP contribution is -2.26. The van der Waals surface area contributed by atoms with Crippen LogP contribution in [0.5, 0.6) is 0 Å². The molecule has 3 aromatic rings. The third-order valence-electron chi connectivity index (χ3n) is 4.00. The lowest BCUT2D eigenvalue weighted by molar-refractivity contribution is 0.914. The summed E-state index contributed by atoms with van der Waals surface area (Å²) < 4.78 is 1.50. The molecule has 0 fully saturated rings. The predicted octanol–water partition coefficient (Wildman–Crippen LogP) is 3.30. The summed E-state index contributed by atoms with van der Waals surface area (Å²) in [6, 6.07) is 16.1. The van der Waals surface area contributed by atoms with Crippen LogP contribution in [0.25, 0.3) is 10.9 Å². The SMILES string of the molecule is CCc1ccc2c(N(C)c3ccccc3)nc(=N)n(C=N)c2c1. The van der Waals surface area contributed by atoms with E-state index in [9.17, 15) is 0 Å². The van der Waals surface area contributed by atoms with E-state index in [0.29, 0.717) is 0 Å². The van der Waals surface area contributed by atoms with Gasteiger partial charge in [-0.3, -0.25) is 15.4 Å². The highest BCUT2D eigenvalue weighted by Gasteiger charge is 2.13. The van der Waals surface area contributed by atoms with Crippen molar-refractivity contribution < 1.29 is 0 Å². The summed E-state index contributed by atoms with van der Waals surface area (Å²) in [5, 5.41) is 16.7. The molecule has 0 aliphatic carbocycles. The van der Waals surface area contributed by atoms with Crippen molar-refractivity contribution in [1.82, 2.24) is 9.55 Å². The average Bonchev–Trinajstić information content (AvgIpc) is 2.60. The summed E-state index contributed by atoms with van der Waals surface area (Å²) in [6.07, 6.45) is 2.05. The van der Waals surface area contributed by atoms with Crippen molar-refractivity contribution in [2.45, 2.75) is 13.3 Å². The maximum absolute atomic E-state index is 8.15. The molecule has 0 saturated carbocycles. The maximum atomic E-state index is 8.15. The Morgan fingerprint density at radius 2 is 1.91 bits per heavy atom. The summed E-state index contributed by atoms with van der Waals surface area (Å²) in [5.41, 5.74) is 3.07. The van der Waals surface area contributed by atoms with E-state index in [-0.39, 0.29) is 5.62 Å². The molecule has 0 radical (unpaired) electrons. The number of para-hydroxylation sites is 1. The Morgan fingerprint density at radius 3 is 2.57 bits per heavy atom. The van der Waals surface area contributed by atoms with Gasteiger partial charge in [0.2, 0.25) is 5.62 Å². The van der Waals surface area contributed by atoms with Gasteiger partial charge < -0.3 is 4.90 Å². The second kappa shape index (κ2) is 6.04. The number of nitrogens with zero attached hydrogens (tertiary/aromatic N) is 3. The highest BCUT2D eigenvalue weighted by atomic mass is 15.2. The van der Waals surface area contributed by atoms with Crippen molar-refractivity contribution in [2.75, 3.05) is 11.9 Å². The van der Waals surface area contributed by atoms with Gasteiger partial charge >= 0.3 is 0 Å². The van der Waals surface area contributed by atoms with Crippen LogP contribution in [0.4, 0.5) is 11.5 Å². The summed E-state index contributed by atoms with van der Waals surface area (Å²) in [7, 11) is 1.94. The molecular formula is C18H19N5. The molecule has 0 spiro atoms. The van der Waals surface area contributed by atoms with Crippen LogP contribution in [-0.2, 0) is 6.42 Å². The number of benzene rings is 2. The zero-order valence-electron chi connectivity index (χ0n) is 13.2. The van der Waals surface area contributed by atoms with Crippen LogP contribution in [0.3, 0.4) is 0 Å². The third kappa shape index (κ3) is 2.61. The van der Waals surface area contributed by atoms with Gasteiger partial charge in [-0.15, -0.1) is 0 Å². The van der Waals surface area contributed by atoms with Crippen LogP contribution in [0.2, 0.25) is 0 Å². The molecule has 0 bridgehead atoms. The lowest BCUT2D eigenvalue weighted by atomic mass is 10.1. The van der Waals surface area contributed by atoms with Crippen LogP contribution in [0.1, 0.15) is 12.5 Å². The molecule has 2 aromatic carbocycles. The Kier molecular flexibility index (Phi) is 3.93. The quantitative estimate of drug-likeness (QED) is 0.573. The van der Waals surface area contributed by atoms with Crippen LogP contribution in [0.15, 0.2) is 48.5 Å². The molecule has 0 saturated heterocycles. The lowest BCUT2D eigenvalue weighted by Gasteiger charge is -2.21. The minimum Gasteiger partial charge on any atom is -0.329 e. The smallest absolute Gasteiger partial charge is 0.229 e. The number of rotatable bonds is 4. The van der Waals surface area contributed by atoms with Gasteiger partial charge in [-0.05, 0) is 36.2 Å². The molecule has 0 aliphatic rings. The molecule has 3 rings (SSSR count). The Balaban J connectivity index is 2.30. The number of fused-ring (bicyclic) bond motifs is 1. The number of nitrogens with one attached hydrogen (secondary N) is 2. The molecule has 0 atom stereocenters. The molecule has 5 heteroatoms. The van der Waals surface area contributed by atoms with E-state index in [2.05, 4.69) is 18.0 Å². The number of aromatic nitrogens is 2. The molecule has 1 heterocycles. The molecule has 23 heavy (non-hydrogen) atoms. The summed E-state index contributed by atoms with van der Waals surface area (Å²) in [4.78, 5) is 6.38. The average molecular weight is 305 g/mol. The first-order valence-electron chi connectivity index (χ1n) is 7.55. The van der Waals surface area contributed by atoms with Gasteiger partial charge in [-0.25, -0.2) is 0 Å². The van der Waals surface area contributed by atoms with Crippen molar-refractivity contribution in [2.24, 2.45) is 0 Å². The molecule has 0 amide bonds. The van der Waals surface area contributed by atoms with Gasteiger partial charge in [0.1, 0.15) is 5.82 Å². The normalized spacial score (nSPS) is 10.7. The Bertz CT molecular complexity index is 912. The van der Waals surface area contributed by atoms with E-state index in [1.165, 1.54) is 10.1 Å².